The van der Waals surface area contributed by atoms with Crippen molar-refractivity contribution in [1.29, 1.82) is 0 Å². The Balaban J connectivity index is 1.74. The van der Waals surface area contributed by atoms with E-state index < -0.39 is 0 Å². The number of aliphatic hydroxyl groups excluding tert-OH is 1. The van der Waals surface area contributed by atoms with Gasteiger partial charge in [-0.1, -0.05) is 28.1 Å². The maximum atomic E-state index is 9.20. The first-order valence-electron chi connectivity index (χ1n) is 7.88. The highest BCUT2D eigenvalue weighted by atomic mass is 79.9. The van der Waals surface area contributed by atoms with Gasteiger partial charge in [-0.15, -0.1) is 0 Å². The summed E-state index contributed by atoms with van der Waals surface area (Å²) in [6.07, 6.45) is 2.38. The maximum absolute atomic E-state index is 9.20. The van der Waals surface area contributed by atoms with Crippen molar-refractivity contribution in [2.24, 2.45) is 0 Å². The fraction of sp³-hybridized carbons (Fsp3) is 0.412. The Labute approximate surface area is 144 Å². The number of anilines is 2. The van der Waals surface area contributed by atoms with Crippen molar-refractivity contribution in [3.63, 3.8) is 0 Å². The summed E-state index contributed by atoms with van der Waals surface area (Å²) in [5.74, 6) is 1.94. The Hall–Kier alpha value is -1.66. The second-order valence-electron chi connectivity index (χ2n) is 5.99. The molecule has 6 heteroatoms. The maximum Gasteiger partial charge on any atom is 0.225 e. The zero-order valence-corrected chi connectivity index (χ0v) is 14.7. The number of hydrogen-bond acceptors (Lipinski definition) is 5. The van der Waals surface area contributed by atoms with E-state index in [0.29, 0.717) is 18.4 Å². The van der Waals surface area contributed by atoms with E-state index in [1.807, 2.05) is 25.1 Å². The first kappa shape index (κ1) is 16.2. The second kappa shape index (κ2) is 7.27. The zero-order valence-electron chi connectivity index (χ0n) is 13.1. The third kappa shape index (κ3) is 4.65. The summed E-state index contributed by atoms with van der Waals surface area (Å²) in [4.78, 5) is 9.08. The largest absolute Gasteiger partial charge is 0.394 e. The van der Waals surface area contributed by atoms with Crippen LogP contribution in [0.15, 0.2) is 34.8 Å². The van der Waals surface area contributed by atoms with Crippen LogP contribution in [0.5, 0.6) is 0 Å². The molecule has 2 aromatic rings. The van der Waals surface area contributed by atoms with Gasteiger partial charge in [0.05, 0.1) is 12.3 Å². The fourth-order valence-corrected chi connectivity index (χ4v) is 2.76. The molecule has 1 aliphatic carbocycles. The summed E-state index contributed by atoms with van der Waals surface area (Å²) in [5, 5.41) is 15.7. The zero-order chi connectivity index (χ0) is 16.2. The Bertz CT molecular complexity index is 675. The number of aromatic nitrogens is 2. The molecular weight excluding hydrogens is 356 g/mol. The number of aliphatic hydroxyl groups is 1. The van der Waals surface area contributed by atoms with Crippen LogP contribution >= 0.6 is 15.9 Å². The number of nitrogens with one attached hydrogen (secondary N) is 2. The molecule has 1 fully saturated rings. The molecular formula is C17H21BrN4O. The van der Waals surface area contributed by atoms with Crippen LogP contribution in [0, 0.1) is 0 Å². The van der Waals surface area contributed by atoms with E-state index in [-0.39, 0.29) is 12.6 Å². The molecule has 0 saturated heterocycles. The second-order valence-corrected chi connectivity index (χ2v) is 6.90. The molecule has 1 saturated carbocycles. The highest BCUT2D eigenvalue weighted by molar-refractivity contribution is 9.10. The highest BCUT2D eigenvalue weighted by Gasteiger charge is 2.26. The molecule has 3 rings (SSSR count). The quantitative estimate of drug-likeness (QED) is 0.689. The lowest BCUT2D eigenvalue weighted by Crippen LogP contribution is -2.21. The molecule has 1 atom stereocenters. The Morgan fingerprint density at radius 2 is 2.13 bits per heavy atom. The number of nitrogens with zero attached hydrogens (tertiary/aromatic N) is 2. The standard InChI is InChI=1S/C17H21BrN4O/c1-11(10-23)20-17-21-15(13-5-6-13)8-16(22-17)19-9-12-3-2-4-14(18)7-12/h2-4,7-8,11,13,23H,5-6,9-10H2,1H3,(H2,19,20,21,22)/t11-/m1/s1. The predicted molar refractivity (Wildman–Crippen MR) is 95.6 cm³/mol. The van der Waals surface area contributed by atoms with Crippen molar-refractivity contribution < 1.29 is 5.11 Å². The number of hydrogen-bond donors (Lipinski definition) is 3. The van der Waals surface area contributed by atoms with E-state index in [9.17, 15) is 5.11 Å². The average Bonchev–Trinajstić information content (AvgIpc) is 3.37. The van der Waals surface area contributed by atoms with Crippen LogP contribution in [0.1, 0.15) is 36.9 Å². The summed E-state index contributed by atoms with van der Waals surface area (Å²) in [5.41, 5.74) is 2.26. The van der Waals surface area contributed by atoms with Gasteiger partial charge >= 0.3 is 0 Å². The molecule has 0 radical (unpaired) electrons. The van der Waals surface area contributed by atoms with E-state index in [1.165, 1.54) is 18.4 Å². The molecule has 0 bridgehead atoms. The van der Waals surface area contributed by atoms with Gasteiger partial charge in [0.1, 0.15) is 5.82 Å². The van der Waals surface area contributed by atoms with Crippen LogP contribution in [-0.4, -0.2) is 27.7 Å². The van der Waals surface area contributed by atoms with Gasteiger partial charge < -0.3 is 15.7 Å². The van der Waals surface area contributed by atoms with Gasteiger partial charge in [-0.25, -0.2) is 4.98 Å². The molecule has 1 heterocycles. The molecule has 122 valence electrons. The van der Waals surface area contributed by atoms with Crippen LogP contribution in [0.25, 0.3) is 0 Å². The minimum absolute atomic E-state index is 0.0534. The summed E-state index contributed by atoms with van der Waals surface area (Å²) >= 11 is 3.49. The van der Waals surface area contributed by atoms with Gasteiger partial charge in [0.2, 0.25) is 5.95 Å². The predicted octanol–water partition coefficient (Wildman–Crippen LogP) is 3.52. The molecule has 1 aromatic carbocycles. The Morgan fingerprint density at radius 3 is 2.83 bits per heavy atom. The van der Waals surface area contributed by atoms with Crippen molar-refractivity contribution in [3.8, 4) is 0 Å². The lowest BCUT2D eigenvalue weighted by atomic mass is 10.2. The normalized spacial score (nSPS) is 15.3. The Kier molecular flexibility index (Phi) is 5.13. The highest BCUT2D eigenvalue weighted by Crippen LogP contribution is 2.39. The van der Waals surface area contributed by atoms with Gasteiger partial charge in [-0.05, 0) is 37.5 Å². The van der Waals surface area contributed by atoms with Crippen LogP contribution in [-0.2, 0) is 6.54 Å². The van der Waals surface area contributed by atoms with Gasteiger partial charge in [-0.2, -0.15) is 4.98 Å². The monoisotopic (exact) mass is 376 g/mol. The number of halogens is 1. The first-order chi connectivity index (χ1) is 11.1. The van der Waals surface area contributed by atoms with Crippen molar-refractivity contribution in [1.82, 2.24) is 9.97 Å². The van der Waals surface area contributed by atoms with Crippen LogP contribution in [0.4, 0.5) is 11.8 Å². The van der Waals surface area contributed by atoms with Crippen molar-refractivity contribution in [2.45, 2.75) is 38.3 Å². The van der Waals surface area contributed by atoms with E-state index in [2.05, 4.69) is 48.7 Å². The first-order valence-corrected chi connectivity index (χ1v) is 8.68. The van der Waals surface area contributed by atoms with E-state index in [1.54, 1.807) is 0 Å². The Morgan fingerprint density at radius 1 is 1.30 bits per heavy atom. The topological polar surface area (TPSA) is 70.1 Å². The third-order valence-corrected chi connectivity index (χ3v) is 4.25. The van der Waals surface area contributed by atoms with E-state index in [4.69, 9.17) is 0 Å². The number of rotatable bonds is 7. The van der Waals surface area contributed by atoms with Crippen molar-refractivity contribution in [3.05, 3.63) is 46.1 Å². The SMILES string of the molecule is C[C@H](CO)Nc1nc(NCc2cccc(Br)c2)cc(C2CC2)n1. The van der Waals surface area contributed by atoms with Crippen LogP contribution in [0.2, 0.25) is 0 Å². The van der Waals surface area contributed by atoms with E-state index in [0.717, 1.165) is 16.0 Å². The lowest BCUT2D eigenvalue weighted by Gasteiger charge is -2.14. The minimum Gasteiger partial charge on any atom is -0.394 e. The van der Waals surface area contributed by atoms with Crippen LogP contribution < -0.4 is 10.6 Å². The molecule has 23 heavy (non-hydrogen) atoms. The molecule has 0 aliphatic heterocycles. The fourth-order valence-electron chi connectivity index (χ4n) is 2.31. The van der Waals surface area contributed by atoms with Crippen molar-refractivity contribution >= 4 is 27.7 Å². The molecule has 0 spiro atoms. The minimum atomic E-state index is -0.0672. The van der Waals surface area contributed by atoms with Crippen molar-refractivity contribution in [2.75, 3.05) is 17.2 Å². The molecule has 3 N–H and O–H groups in total. The van der Waals surface area contributed by atoms with Gasteiger partial charge in [0.15, 0.2) is 0 Å². The summed E-state index contributed by atoms with van der Waals surface area (Å²) < 4.78 is 1.07. The van der Waals surface area contributed by atoms with E-state index >= 15 is 0 Å². The lowest BCUT2D eigenvalue weighted by molar-refractivity contribution is 0.281. The van der Waals surface area contributed by atoms with Gasteiger partial charge in [-0.3, -0.25) is 0 Å². The summed E-state index contributed by atoms with van der Waals surface area (Å²) in [6, 6.07) is 10.2. The summed E-state index contributed by atoms with van der Waals surface area (Å²) in [6.45, 7) is 2.66. The summed E-state index contributed by atoms with van der Waals surface area (Å²) in [7, 11) is 0. The molecule has 5 nitrogen and oxygen atoms in total. The molecule has 1 aromatic heterocycles. The van der Waals surface area contributed by atoms with Gasteiger partial charge in [0, 0.05) is 29.0 Å². The molecule has 1 aliphatic rings. The van der Waals surface area contributed by atoms with Gasteiger partial charge in [0.25, 0.3) is 0 Å². The molecule has 0 unspecified atom stereocenters. The van der Waals surface area contributed by atoms with Crippen LogP contribution in [0.3, 0.4) is 0 Å². The number of benzene rings is 1. The smallest absolute Gasteiger partial charge is 0.225 e. The third-order valence-electron chi connectivity index (χ3n) is 3.75. The average molecular weight is 377 g/mol. The molecule has 0 amide bonds.